The van der Waals surface area contributed by atoms with E-state index in [1.807, 2.05) is 0 Å². The molecule has 0 unspecified atom stereocenters. The van der Waals surface area contributed by atoms with Crippen molar-refractivity contribution >= 4 is 57.2 Å². The van der Waals surface area contributed by atoms with Crippen LogP contribution in [0.5, 0.6) is 0 Å². The summed E-state index contributed by atoms with van der Waals surface area (Å²) in [5, 5.41) is 8.30. The van der Waals surface area contributed by atoms with Crippen molar-refractivity contribution < 1.29 is 0 Å². The molecule has 6 aromatic carbocycles. The monoisotopic (exact) mass is 564 g/mol. The molecule has 200 valence electrons. The topological polar surface area (TPSA) is 0 Å². The maximum Gasteiger partial charge on any atom is -0.0142 e. The van der Waals surface area contributed by atoms with E-state index in [1.54, 1.807) is 0 Å². The van der Waals surface area contributed by atoms with Crippen LogP contribution in [0, 0.1) is 0 Å². The molecule has 0 bridgehead atoms. The maximum absolute atomic E-state index is 2.65. The molecule has 6 aromatic rings. The van der Waals surface area contributed by atoms with Crippen LogP contribution in [0.2, 0.25) is 0 Å². The van der Waals surface area contributed by atoms with Crippen molar-refractivity contribution in [2.75, 3.05) is 0 Å². The molecule has 0 N–H and O–H groups in total. The summed E-state index contributed by atoms with van der Waals surface area (Å²) >= 11 is 0. The highest BCUT2D eigenvalue weighted by molar-refractivity contribution is 7.95. The smallest absolute Gasteiger partial charge is 0.0142 e. The zero-order valence-corrected chi connectivity index (χ0v) is 24.9. The van der Waals surface area contributed by atoms with Crippen molar-refractivity contribution in [1.29, 1.82) is 0 Å². The van der Waals surface area contributed by atoms with Gasteiger partial charge in [0.05, 0.1) is 0 Å². The highest BCUT2D eigenvalue weighted by Crippen LogP contribution is 2.46. The summed E-state index contributed by atoms with van der Waals surface area (Å²) in [6.07, 6.45) is 0.874. The lowest BCUT2D eigenvalue weighted by molar-refractivity contribution is 1.72. The first-order chi connectivity index (χ1) is 20.3. The fourth-order valence-corrected chi connectivity index (χ4v) is 13.8. The molecular weight excluding hydrogens is 530 g/mol. The third-order valence-corrected chi connectivity index (χ3v) is 15.9. The van der Waals surface area contributed by atoms with Crippen LogP contribution in [-0.2, 0) is 0 Å². The number of benzene rings is 6. The Bertz CT molecular complexity index is 1430. The van der Waals surface area contributed by atoms with Gasteiger partial charge in [-0.15, -0.1) is 0 Å². The molecule has 0 saturated heterocycles. The lowest BCUT2D eigenvalue weighted by Gasteiger charge is -2.30. The molecule has 0 aliphatic heterocycles. The Labute approximate surface area is 244 Å². The van der Waals surface area contributed by atoms with E-state index in [0.717, 1.165) is 6.42 Å². The van der Waals surface area contributed by atoms with E-state index in [9.17, 15) is 0 Å². The Morgan fingerprint density at radius 3 is 0.610 bits per heavy atom. The summed E-state index contributed by atoms with van der Waals surface area (Å²) in [5.74, 6) is 5.30. The van der Waals surface area contributed by atoms with Gasteiger partial charge in [-0.25, -0.2) is 0 Å². The SMILES string of the molecule is C(CC=P(c1ccccc1)(c1ccccc1)c1ccccc1)=P(c1ccccc1)(c1ccccc1)c1ccccc1. The van der Waals surface area contributed by atoms with Gasteiger partial charge in [0, 0.05) is 0 Å². The molecule has 6 rings (SSSR count). The van der Waals surface area contributed by atoms with Gasteiger partial charge in [-0.05, 0) is 52.0 Å². The molecule has 0 atom stereocenters. The predicted octanol–water partition coefficient (Wildman–Crippen LogP) is 6.97. The summed E-state index contributed by atoms with van der Waals surface area (Å²) in [7, 11) is 0. The van der Waals surface area contributed by atoms with Gasteiger partial charge in [0.15, 0.2) is 0 Å². The zero-order chi connectivity index (χ0) is 27.8. The van der Waals surface area contributed by atoms with E-state index in [0.29, 0.717) is 0 Å². The first kappa shape index (κ1) is 27.1. The van der Waals surface area contributed by atoms with Crippen molar-refractivity contribution in [3.8, 4) is 0 Å². The maximum atomic E-state index is 2.65. The fourth-order valence-electron chi connectivity index (χ4n) is 5.87. The van der Waals surface area contributed by atoms with Gasteiger partial charge in [-0.2, -0.15) is 0 Å². The minimum atomic E-state index is -2.05. The van der Waals surface area contributed by atoms with Crippen LogP contribution in [0.1, 0.15) is 6.42 Å². The van der Waals surface area contributed by atoms with E-state index in [-0.39, 0.29) is 0 Å². The third-order valence-electron chi connectivity index (χ3n) is 7.74. The van der Waals surface area contributed by atoms with Crippen LogP contribution in [0.15, 0.2) is 182 Å². The first-order valence-corrected chi connectivity index (χ1v) is 17.9. The van der Waals surface area contributed by atoms with Crippen LogP contribution < -0.4 is 31.8 Å². The van der Waals surface area contributed by atoms with Gasteiger partial charge < -0.3 is 0 Å². The molecule has 0 heterocycles. The van der Waals surface area contributed by atoms with Gasteiger partial charge in [0.1, 0.15) is 0 Å². The molecule has 0 saturated carbocycles. The minimum Gasteiger partial charge on any atom is -0.0704 e. The Hall–Kier alpha value is -4.08. The Kier molecular flexibility index (Phi) is 8.34. The van der Waals surface area contributed by atoms with Crippen LogP contribution in [-0.4, -0.2) is 11.6 Å². The van der Waals surface area contributed by atoms with E-state index in [2.05, 4.69) is 194 Å². The highest BCUT2D eigenvalue weighted by Gasteiger charge is 2.27. The van der Waals surface area contributed by atoms with Gasteiger partial charge in [-0.1, -0.05) is 194 Å². The van der Waals surface area contributed by atoms with Crippen molar-refractivity contribution in [2.45, 2.75) is 6.42 Å². The number of rotatable bonds is 8. The molecule has 41 heavy (non-hydrogen) atoms. The van der Waals surface area contributed by atoms with Crippen LogP contribution in [0.25, 0.3) is 0 Å². The van der Waals surface area contributed by atoms with Crippen molar-refractivity contribution in [3.05, 3.63) is 182 Å². The van der Waals surface area contributed by atoms with E-state index >= 15 is 0 Å². The minimum absolute atomic E-state index is 0.874. The quantitative estimate of drug-likeness (QED) is 0.175. The van der Waals surface area contributed by atoms with Gasteiger partial charge in [0.25, 0.3) is 0 Å². The second kappa shape index (κ2) is 12.6. The van der Waals surface area contributed by atoms with Gasteiger partial charge in [0.2, 0.25) is 0 Å². The summed E-state index contributed by atoms with van der Waals surface area (Å²) in [6.45, 7) is -4.10. The summed E-state index contributed by atoms with van der Waals surface area (Å²) < 4.78 is 0. The van der Waals surface area contributed by atoms with Crippen LogP contribution >= 0.6 is 13.8 Å². The lowest BCUT2D eigenvalue weighted by atomic mass is 10.4. The van der Waals surface area contributed by atoms with E-state index in [4.69, 9.17) is 0 Å². The van der Waals surface area contributed by atoms with Crippen LogP contribution in [0.4, 0.5) is 0 Å². The lowest BCUT2D eigenvalue weighted by Crippen LogP contribution is -2.28. The first-order valence-electron chi connectivity index (χ1n) is 14.1. The summed E-state index contributed by atoms with van der Waals surface area (Å²) in [4.78, 5) is 0. The molecule has 0 amide bonds. The second-order valence-corrected chi connectivity index (χ2v) is 16.8. The Morgan fingerprint density at radius 1 is 0.268 bits per heavy atom. The van der Waals surface area contributed by atoms with Crippen molar-refractivity contribution in [1.82, 2.24) is 0 Å². The van der Waals surface area contributed by atoms with Gasteiger partial charge in [-0.3, -0.25) is 0 Å². The van der Waals surface area contributed by atoms with Crippen molar-refractivity contribution in [2.24, 2.45) is 0 Å². The average Bonchev–Trinajstić information content (AvgIpc) is 3.08. The zero-order valence-electron chi connectivity index (χ0n) is 23.1. The molecule has 0 spiro atoms. The Balaban J connectivity index is 1.68. The fraction of sp³-hybridized carbons (Fsp3) is 0.0256. The van der Waals surface area contributed by atoms with Gasteiger partial charge >= 0.3 is 0 Å². The molecule has 2 heteroatoms. The number of hydrogen-bond acceptors (Lipinski definition) is 0. The summed E-state index contributed by atoms with van der Waals surface area (Å²) in [6, 6.07) is 66.7. The predicted molar refractivity (Wildman–Crippen MR) is 187 cm³/mol. The number of hydrogen-bond donors (Lipinski definition) is 0. The van der Waals surface area contributed by atoms with E-state index in [1.165, 1.54) is 31.8 Å². The second-order valence-electron chi connectivity index (χ2n) is 10.1. The molecule has 0 fully saturated rings. The summed E-state index contributed by atoms with van der Waals surface area (Å²) in [5.41, 5.74) is 0. The normalized spacial score (nSPS) is 11.5. The molecule has 0 aliphatic rings. The van der Waals surface area contributed by atoms with Crippen LogP contribution in [0.3, 0.4) is 0 Å². The molecular formula is C39H34P2. The van der Waals surface area contributed by atoms with E-state index < -0.39 is 13.8 Å². The van der Waals surface area contributed by atoms with Crippen molar-refractivity contribution in [3.63, 3.8) is 0 Å². The Morgan fingerprint density at radius 2 is 0.439 bits per heavy atom. The standard InChI is InChI=1S/C39H34P2/c1-7-20-34(21-8-1)40(35-22-9-2-10-23-35,36-24-11-3-12-25-36)32-19-33-41(37-26-13-4-14-27-37,38-28-15-5-16-29-38)39-30-17-6-18-31-39/h1-18,20-33H,19H2. The molecule has 0 radical (unpaired) electrons. The largest absolute Gasteiger partial charge is 0.0704 e. The third kappa shape index (κ3) is 5.35. The highest BCUT2D eigenvalue weighted by atomic mass is 31.2. The average molecular weight is 565 g/mol. The molecule has 0 nitrogen and oxygen atoms in total. The molecule has 0 aliphatic carbocycles. The molecule has 0 aromatic heterocycles.